The van der Waals surface area contributed by atoms with E-state index in [9.17, 15) is 4.79 Å². The Kier molecular flexibility index (Phi) is 5.34. The van der Waals surface area contributed by atoms with Crippen LogP contribution in [0.3, 0.4) is 0 Å². The second kappa shape index (κ2) is 6.77. The van der Waals surface area contributed by atoms with Crippen molar-refractivity contribution >= 4 is 11.6 Å². The minimum atomic E-state index is -0.102. The number of anilines is 1. The first kappa shape index (κ1) is 14.2. The van der Waals surface area contributed by atoms with Crippen LogP contribution in [0.15, 0.2) is 18.2 Å². The van der Waals surface area contributed by atoms with Gasteiger partial charge in [-0.15, -0.1) is 0 Å². The lowest BCUT2D eigenvalue weighted by Crippen LogP contribution is -2.30. The molecule has 0 aromatic heterocycles. The number of nitriles is 1. The average Bonchev–Trinajstić information content (AvgIpc) is 2.38. The number of rotatable bonds is 5. The summed E-state index contributed by atoms with van der Waals surface area (Å²) >= 11 is 0. The Morgan fingerprint density at radius 2 is 2.22 bits per heavy atom. The largest absolute Gasteiger partial charge is 0.326 e. The van der Waals surface area contributed by atoms with Crippen LogP contribution in [-0.4, -0.2) is 19.0 Å². The molecule has 1 aromatic rings. The van der Waals surface area contributed by atoms with Gasteiger partial charge in [-0.3, -0.25) is 4.79 Å². The molecule has 18 heavy (non-hydrogen) atoms. The molecule has 0 aliphatic rings. The van der Waals surface area contributed by atoms with E-state index >= 15 is 0 Å². The molecule has 0 heterocycles. The molecular formula is C14H19N3O. The molecule has 1 amide bonds. The lowest BCUT2D eigenvalue weighted by molar-refractivity contribution is -0.119. The molecule has 4 nitrogen and oxygen atoms in total. The van der Waals surface area contributed by atoms with E-state index in [-0.39, 0.29) is 11.8 Å². The Labute approximate surface area is 108 Å². The number of hydrogen-bond donors (Lipinski definition) is 2. The quantitative estimate of drug-likeness (QED) is 0.834. The Morgan fingerprint density at radius 1 is 1.50 bits per heavy atom. The molecule has 0 aliphatic carbocycles. The summed E-state index contributed by atoms with van der Waals surface area (Å²) in [5, 5.41) is 14.8. The van der Waals surface area contributed by atoms with Crippen LogP contribution >= 0.6 is 0 Å². The molecule has 1 atom stereocenters. The number of aryl methyl sites for hydroxylation is 1. The highest BCUT2D eigenvalue weighted by Crippen LogP contribution is 2.17. The van der Waals surface area contributed by atoms with E-state index in [1.807, 2.05) is 26.8 Å². The summed E-state index contributed by atoms with van der Waals surface area (Å²) in [6.07, 6.45) is 0. The normalized spacial score (nSPS) is 11.7. The molecule has 0 radical (unpaired) electrons. The van der Waals surface area contributed by atoms with Crippen LogP contribution in [0.5, 0.6) is 0 Å². The molecule has 0 fully saturated rings. The molecule has 1 rings (SSSR count). The zero-order chi connectivity index (χ0) is 13.5. The van der Waals surface area contributed by atoms with E-state index in [1.165, 1.54) is 0 Å². The fraction of sp³-hybridized carbons (Fsp3) is 0.429. The second-order valence-electron chi connectivity index (χ2n) is 4.34. The molecule has 0 bridgehead atoms. The highest BCUT2D eigenvalue weighted by Gasteiger charge is 2.13. The summed E-state index contributed by atoms with van der Waals surface area (Å²) < 4.78 is 0. The third-order valence-electron chi connectivity index (χ3n) is 2.77. The third kappa shape index (κ3) is 3.86. The number of hydrogen-bond acceptors (Lipinski definition) is 3. The van der Waals surface area contributed by atoms with Crippen molar-refractivity contribution in [2.24, 2.45) is 5.92 Å². The smallest absolute Gasteiger partial charge is 0.228 e. The predicted octanol–water partition coefficient (Wildman–Crippen LogP) is 2.05. The molecule has 1 unspecified atom stereocenters. The van der Waals surface area contributed by atoms with E-state index in [2.05, 4.69) is 16.7 Å². The van der Waals surface area contributed by atoms with Crippen molar-refractivity contribution in [1.82, 2.24) is 5.32 Å². The Balaban J connectivity index is 2.72. The van der Waals surface area contributed by atoms with Gasteiger partial charge >= 0.3 is 0 Å². The summed E-state index contributed by atoms with van der Waals surface area (Å²) in [6.45, 7) is 7.29. The highest BCUT2D eigenvalue weighted by atomic mass is 16.1. The van der Waals surface area contributed by atoms with Gasteiger partial charge < -0.3 is 10.6 Å². The molecular weight excluding hydrogens is 226 g/mol. The zero-order valence-corrected chi connectivity index (χ0v) is 11.1. The van der Waals surface area contributed by atoms with Crippen molar-refractivity contribution in [3.63, 3.8) is 0 Å². The first-order valence-electron chi connectivity index (χ1n) is 6.10. The summed E-state index contributed by atoms with van der Waals surface area (Å²) in [4.78, 5) is 11.9. The number of benzene rings is 1. The van der Waals surface area contributed by atoms with Crippen LogP contribution in [0, 0.1) is 24.2 Å². The summed E-state index contributed by atoms with van der Waals surface area (Å²) in [5.74, 6) is -0.135. The van der Waals surface area contributed by atoms with Gasteiger partial charge in [-0.1, -0.05) is 19.9 Å². The lowest BCUT2D eigenvalue weighted by atomic mass is 10.1. The third-order valence-corrected chi connectivity index (χ3v) is 2.77. The van der Waals surface area contributed by atoms with Crippen LogP contribution in [0.4, 0.5) is 5.69 Å². The molecule has 1 aromatic carbocycles. The maximum Gasteiger partial charge on any atom is 0.228 e. The number of carbonyl (C=O) groups is 1. The van der Waals surface area contributed by atoms with Gasteiger partial charge in [0.1, 0.15) is 0 Å². The first-order valence-corrected chi connectivity index (χ1v) is 6.10. The summed E-state index contributed by atoms with van der Waals surface area (Å²) in [6, 6.07) is 7.35. The van der Waals surface area contributed by atoms with Crippen molar-refractivity contribution in [1.29, 1.82) is 5.26 Å². The van der Waals surface area contributed by atoms with E-state index < -0.39 is 0 Å². The van der Waals surface area contributed by atoms with Gasteiger partial charge in [0, 0.05) is 18.2 Å². The van der Waals surface area contributed by atoms with Crippen LogP contribution in [0.2, 0.25) is 0 Å². The predicted molar refractivity (Wildman–Crippen MR) is 72.2 cm³/mol. The fourth-order valence-corrected chi connectivity index (χ4v) is 1.54. The number of carbonyl (C=O) groups excluding carboxylic acids is 1. The standard InChI is InChI=1S/C14H19N3O/c1-4-16-9-11(3)14(18)17-13-7-12(8-15)6-5-10(13)2/h5-7,11,16H,4,9H2,1-3H3,(H,17,18). The van der Waals surface area contributed by atoms with Crippen LogP contribution < -0.4 is 10.6 Å². The minimum Gasteiger partial charge on any atom is -0.326 e. The first-order chi connectivity index (χ1) is 8.58. The molecule has 2 N–H and O–H groups in total. The molecule has 0 spiro atoms. The SMILES string of the molecule is CCNCC(C)C(=O)Nc1cc(C#N)ccc1C. The van der Waals surface area contributed by atoms with E-state index in [1.54, 1.807) is 12.1 Å². The molecule has 0 saturated heterocycles. The van der Waals surface area contributed by atoms with Crippen molar-refractivity contribution in [2.45, 2.75) is 20.8 Å². The Bertz CT molecular complexity index is 463. The minimum absolute atomic E-state index is 0.0332. The molecule has 0 saturated carbocycles. The second-order valence-corrected chi connectivity index (χ2v) is 4.34. The van der Waals surface area contributed by atoms with Crippen LogP contribution in [-0.2, 0) is 4.79 Å². The average molecular weight is 245 g/mol. The fourth-order valence-electron chi connectivity index (χ4n) is 1.54. The maximum absolute atomic E-state index is 11.9. The Hall–Kier alpha value is -1.86. The summed E-state index contributed by atoms with van der Waals surface area (Å²) in [7, 11) is 0. The van der Waals surface area contributed by atoms with Gasteiger partial charge in [0.05, 0.1) is 11.6 Å². The summed E-state index contributed by atoms with van der Waals surface area (Å²) in [5.41, 5.74) is 2.22. The lowest BCUT2D eigenvalue weighted by Gasteiger charge is -2.14. The van der Waals surface area contributed by atoms with Crippen molar-refractivity contribution < 1.29 is 4.79 Å². The Morgan fingerprint density at radius 3 is 2.83 bits per heavy atom. The number of nitrogens with zero attached hydrogens (tertiary/aromatic N) is 1. The van der Waals surface area contributed by atoms with Gasteiger partial charge in [-0.05, 0) is 31.2 Å². The molecule has 96 valence electrons. The topological polar surface area (TPSA) is 64.9 Å². The van der Waals surface area contributed by atoms with Gasteiger partial charge in [-0.2, -0.15) is 5.26 Å². The monoisotopic (exact) mass is 245 g/mol. The van der Waals surface area contributed by atoms with Crippen LogP contribution in [0.1, 0.15) is 25.0 Å². The van der Waals surface area contributed by atoms with Gasteiger partial charge in [0.2, 0.25) is 5.91 Å². The maximum atomic E-state index is 11.9. The van der Waals surface area contributed by atoms with Crippen molar-refractivity contribution in [2.75, 3.05) is 18.4 Å². The molecule has 4 heteroatoms. The van der Waals surface area contributed by atoms with Gasteiger partial charge in [0.25, 0.3) is 0 Å². The van der Waals surface area contributed by atoms with E-state index in [0.29, 0.717) is 17.8 Å². The van der Waals surface area contributed by atoms with Gasteiger partial charge in [-0.25, -0.2) is 0 Å². The van der Waals surface area contributed by atoms with Gasteiger partial charge in [0.15, 0.2) is 0 Å². The van der Waals surface area contributed by atoms with Crippen LogP contribution in [0.25, 0.3) is 0 Å². The highest BCUT2D eigenvalue weighted by molar-refractivity contribution is 5.93. The van der Waals surface area contributed by atoms with E-state index in [0.717, 1.165) is 12.1 Å². The number of nitrogens with one attached hydrogen (secondary N) is 2. The van der Waals surface area contributed by atoms with Crippen molar-refractivity contribution in [3.8, 4) is 6.07 Å². The number of amides is 1. The van der Waals surface area contributed by atoms with Crippen molar-refractivity contribution in [3.05, 3.63) is 29.3 Å². The molecule has 0 aliphatic heterocycles. The van der Waals surface area contributed by atoms with E-state index in [4.69, 9.17) is 5.26 Å². The zero-order valence-electron chi connectivity index (χ0n) is 11.1.